The molecule has 0 aliphatic carbocycles. The first kappa shape index (κ1) is 14.1. The minimum absolute atomic E-state index is 0.416. The van der Waals surface area contributed by atoms with Crippen molar-refractivity contribution in [1.82, 2.24) is 0 Å². The number of hydrogen-bond donors (Lipinski definition) is 1. The summed E-state index contributed by atoms with van der Waals surface area (Å²) in [5, 5.41) is 18.7. The van der Waals surface area contributed by atoms with Gasteiger partial charge in [-0.1, -0.05) is 37.3 Å². The summed E-state index contributed by atoms with van der Waals surface area (Å²) in [4.78, 5) is 0. The molecule has 0 aliphatic heterocycles. The van der Waals surface area contributed by atoms with E-state index in [0.717, 1.165) is 11.1 Å². The van der Waals surface area contributed by atoms with Crippen LogP contribution in [0, 0.1) is 11.3 Å². The van der Waals surface area contributed by atoms with Gasteiger partial charge in [-0.25, -0.2) is 0 Å². The highest BCUT2D eigenvalue weighted by molar-refractivity contribution is 5.36. The number of hydrogen-bond acceptors (Lipinski definition) is 3. The molecule has 0 amide bonds. The van der Waals surface area contributed by atoms with Gasteiger partial charge in [-0.2, -0.15) is 5.26 Å². The molecule has 3 nitrogen and oxygen atoms in total. The highest BCUT2D eigenvalue weighted by Crippen LogP contribution is 2.27. The van der Waals surface area contributed by atoms with Crippen molar-refractivity contribution in [3.8, 4) is 11.8 Å². The zero-order valence-electron chi connectivity index (χ0n) is 11.4. The zero-order valence-corrected chi connectivity index (χ0v) is 11.4. The van der Waals surface area contributed by atoms with Gasteiger partial charge in [-0.15, -0.1) is 0 Å². The van der Waals surface area contributed by atoms with Crippen molar-refractivity contribution < 1.29 is 9.84 Å². The Morgan fingerprint density at radius 2 is 1.85 bits per heavy atom. The number of benzene rings is 2. The summed E-state index contributed by atoms with van der Waals surface area (Å²) in [7, 11) is 0. The molecule has 0 saturated carbocycles. The summed E-state index contributed by atoms with van der Waals surface area (Å²) >= 11 is 0. The minimum atomic E-state index is -0.507. The van der Waals surface area contributed by atoms with Crippen LogP contribution in [0.15, 0.2) is 48.5 Å². The first-order valence-electron chi connectivity index (χ1n) is 6.63. The lowest BCUT2D eigenvalue weighted by molar-refractivity contribution is 0.166. The Labute approximate surface area is 119 Å². The van der Waals surface area contributed by atoms with E-state index in [9.17, 15) is 5.11 Å². The second kappa shape index (κ2) is 6.74. The first-order valence-corrected chi connectivity index (χ1v) is 6.63. The van der Waals surface area contributed by atoms with E-state index in [1.165, 1.54) is 0 Å². The Bertz CT molecular complexity index is 599. The maximum atomic E-state index is 9.96. The summed E-state index contributed by atoms with van der Waals surface area (Å²) < 4.78 is 5.78. The molecule has 20 heavy (non-hydrogen) atoms. The average molecular weight is 267 g/mol. The lowest BCUT2D eigenvalue weighted by Crippen LogP contribution is -2.02. The Hall–Kier alpha value is -2.31. The average Bonchev–Trinajstić information content (AvgIpc) is 2.53. The quantitative estimate of drug-likeness (QED) is 0.900. The molecular weight excluding hydrogens is 250 g/mol. The van der Waals surface area contributed by atoms with Gasteiger partial charge in [0.1, 0.15) is 12.4 Å². The van der Waals surface area contributed by atoms with Crippen LogP contribution in [-0.4, -0.2) is 5.11 Å². The Balaban J connectivity index is 2.08. The number of aliphatic hydroxyl groups is 1. The molecule has 102 valence electrons. The van der Waals surface area contributed by atoms with E-state index in [4.69, 9.17) is 10.00 Å². The lowest BCUT2D eigenvalue weighted by atomic mass is 10.1. The van der Waals surface area contributed by atoms with Crippen molar-refractivity contribution in [2.45, 2.75) is 26.1 Å². The van der Waals surface area contributed by atoms with Crippen LogP contribution < -0.4 is 4.74 Å². The molecule has 1 atom stereocenters. The van der Waals surface area contributed by atoms with Crippen molar-refractivity contribution in [1.29, 1.82) is 5.26 Å². The lowest BCUT2D eigenvalue weighted by Gasteiger charge is -2.15. The van der Waals surface area contributed by atoms with Crippen LogP contribution in [-0.2, 0) is 6.61 Å². The van der Waals surface area contributed by atoms with Gasteiger partial charge in [0.2, 0.25) is 0 Å². The summed E-state index contributed by atoms with van der Waals surface area (Å²) in [6.07, 6.45) is 0.143. The fourth-order valence-corrected chi connectivity index (χ4v) is 1.94. The second-order valence-electron chi connectivity index (χ2n) is 4.56. The number of nitriles is 1. The molecule has 0 bridgehead atoms. The summed E-state index contributed by atoms with van der Waals surface area (Å²) in [5.74, 6) is 0.700. The maximum absolute atomic E-state index is 9.96. The molecule has 0 aliphatic rings. The van der Waals surface area contributed by atoms with Crippen LogP contribution in [0.1, 0.15) is 36.1 Å². The van der Waals surface area contributed by atoms with E-state index in [1.54, 1.807) is 12.1 Å². The monoisotopic (exact) mass is 267 g/mol. The van der Waals surface area contributed by atoms with E-state index in [1.807, 2.05) is 43.3 Å². The molecule has 0 spiro atoms. The molecule has 2 rings (SSSR count). The molecule has 0 saturated heterocycles. The van der Waals surface area contributed by atoms with Crippen molar-refractivity contribution in [2.75, 3.05) is 0 Å². The van der Waals surface area contributed by atoms with Gasteiger partial charge in [0.25, 0.3) is 0 Å². The molecular formula is C17H17NO2. The topological polar surface area (TPSA) is 53.2 Å². The molecule has 0 radical (unpaired) electrons. The Morgan fingerprint density at radius 1 is 1.15 bits per heavy atom. The van der Waals surface area contributed by atoms with E-state index in [-0.39, 0.29) is 0 Å². The zero-order chi connectivity index (χ0) is 14.4. The van der Waals surface area contributed by atoms with Crippen LogP contribution in [0.2, 0.25) is 0 Å². The first-order chi connectivity index (χ1) is 9.74. The second-order valence-corrected chi connectivity index (χ2v) is 4.56. The third kappa shape index (κ3) is 3.37. The maximum Gasteiger partial charge on any atom is 0.125 e. The van der Waals surface area contributed by atoms with Crippen LogP contribution in [0.3, 0.4) is 0 Å². The Morgan fingerprint density at radius 3 is 2.50 bits per heavy atom. The predicted molar refractivity (Wildman–Crippen MR) is 77.2 cm³/mol. The minimum Gasteiger partial charge on any atom is -0.489 e. The fraction of sp³-hybridized carbons (Fsp3) is 0.235. The van der Waals surface area contributed by atoms with E-state index in [0.29, 0.717) is 24.3 Å². The van der Waals surface area contributed by atoms with Gasteiger partial charge in [-0.3, -0.25) is 0 Å². The van der Waals surface area contributed by atoms with Crippen molar-refractivity contribution >= 4 is 0 Å². The highest BCUT2D eigenvalue weighted by atomic mass is 16.5. The van der Waals surface area contributed by atoms with Gasteiger partial charge in [0.05, 0.1) is 17.7 Å². The molecule has 1 unspecified atom stereocenters. The molecule has 0 heterocycles. The largest absolute Gasteiger partial charge is 0.489 e. The number of para-hydroxylation sites is 1. The SMILES string of the molecule is CCC(O)c1ccccc1OCc1ccc(C#N)cc1. The third-order valence-corrected chi connectivity index (χ3v) is 3.14. The van der Waals surface area contributed by atoms with Gasteiger partial charge < -0.3 is 9.84 Å². The summed E-state index contributed by atoms with van der Waals surface area (Å²) in [6, 6.07) is 16.9. The van der Waals surface area contributed by atoms with Gasteiger partial charge >= 0.3 is 0 Å². The molecule has 0 fully saturated rings. The smallest absolute Gasteiger partial charge is 0.125 e. The molecule has 0 aromatic heterocycles. The normalized spacial score (nSPS) is 11.7. The van der Waals surface area contributed by atoms with E-state index < -0.39 is 6.10 Å². The van der Waals surface area contributed by atoms with Crippen molar-refractivity contribution in [3.05, 3.63) is 65.2 Å². The fourth-order valence-electron chi connectivity index (χ4n) is 1.94. The van der Waals surface area contributed by atoms with E-state index in [2.05, 4.69) is 6.07 Å². The van der Waals surface area contributed by atoms with Gasteiger partial charge in [-0.05, 0) is 30.2 Å². The number of ether oxygens (including phenoxy) is 1. The van der Waals surface area contributed by atoms with Crippen LogP contribution >= 0.6 is 0 Å². The van der Waals surface area contributed by atoms with Crippen molar-refractivity contribution in [3.63, 3.8) is 0 Å². The molecule has 3 heteroatoms. The highest BCUT2D eigenvalue weighted by Gasteiger charge is 2.10. The molecule has 2 aromatic rings. The number of nitrogens with zero attached hydrogens (tertiary/aromatic N) is 1. The van der Waals surface area contributed by atoms with Gasteiger partial charge in [0.15, 0.2) is 0 Å². The van der Waals surface area contributed by atoms with Gasteiger partial charge in [0, 0.05) is 5.56 Å². The summed E-state index contributed by atoms with van der Waals surface area (Å²) in [6.45, 7) is 2.35. The third-order valence-electron chi connectivity index (χ3n) is 3.14. The summed E-state index contributed by atoms with van der Waals surface area (Å²) in [5.41, 5.74) is 2.43. The standard InChI is InChI=1S/C17H17NO2/c1-2-16(19)15-5-3-4-6-17(15)20-12-14-9-7-13(11-18)8-10-14/h3-10,16,19H,2,12H2,1H3. The van der Waals surface area contributed by atoms with Crippen LogP contribution in [0.5, 0.6) is 5.75 Å². The van der Waals surface area contributed by atoms with E-state index >= 15 is 0 Å². The number of aliphatic hydroxyl groups excluding tert-OH is 1. The molecule has 2 aromatic carbocycles. The number of rotatable bonds is 5. The van der Waals surface area contributed by atoms with Crippen LogP contribution in [0.25, 0.3) is 0 Å². The Kier molecular flexibility index (Phi) is 4.75. The predicted octanol–water partition coefficient (Wildman–Crippen LogP) is 3.58. The molecule has 1 N–H and O–H groups in total. The van der Waals surface area contributed by atoms with Crippen LogP contribution in [0.4, 0.5) is 0 Å². The van der Waals surface area contributed by atoms with Crippen molar-refractivity contribution in [2.24, 2.45) is 0 Å².